The molecule has 0 amide bonds. The van der Waals surface area contributed by atoms with Crippen LogP contribution in [0.15, 0.2) is 58.2 Å². The third-order valence-electron chi connectivity index (χ3n) is 2.52. The van der Waals surface area contributed by atoms with Gasteiger partial charge >= 0.3 is 0 Å². The van der Waals surface area contributed by atoms with Crippen LogP contribution in [0.5, 0.6) is 5.75 Å². The molecule has 0 aromatic heterocycles. The van der Waals surface area contributed by atoms with Crippen molar-refractivity contribution in [2.45, 2.75) is 6.61 Å². The first kappa shape index (κ1) is 13.6. The predicted octanol–water partition coefficient (Wildman–Crippen LogP) is 4.01. The van der Waals surface area contributed by atoms with Gasteiger partial charge in [0.15, 0.2) is 0 Å². The van der Waals surface area contributed by atoms with Crippen molar-refractivity contribution in [3.8, 4) is 5.75 Å². The minimum absolute atomic E-state index is 0.439. The van der Waals surface area contributed by atoms with Crippen LogP contribution in [0, 0.1) is 0 Å². The monoisotopic (exact) mass is 319 g/mol. The Morgan fingerprint density at radius 2 is 1.95 bits per heavy atom. The molecule has 0 unspecified atom stereocenters. The predicted molar refractivity (Wildman–Crippen MR) is 79.5 cm³/mol. The van der Waals surface area contributed by atoms with Gasteiger partial charge in [0, 0.05) is 4.47 Å². The van der Waals surface area contributed by atoms with Gasteiger partial charge in [-0.1, -0.05) is 45.4 Å². The molecule has 2 aromatic rings. The van der Waals surface area contributed by atoms with Crippen LogP contribution < -0.4 is 4.74 Å². The third kappa shape index (κ3) is 4.41. The molecule has 98 valence electrons. The number of halogens is 1. The van der Waals surface area contributed by atoms with E-state index in [1.165, 1.54) is 0 Å². The van der Waals surface area contributed by atoms with Gasteiger partial charge in [-0.15, -0.1) is 0 Å². The van der Waals surface area contributed by atoms with Gasteiger partial charge in [0.25, 0.3) is 0 Å². The van der Waals surface area contributed by atoms with E-state index in [1.54, 1.807) is 13.3 Å². The lowest BCUT2D eigenvalue weighted by Crippen LogP contribution is -1.89. The number of nitrogens with zero attached hydrogens (tertiary/aromatic N) is 1. The molecule has 0 bridgehead atoms. The molecule has 4 heteroatoms. The lowest BCUT2D eigenvalue weighted by atomic mass is 10.2. The number of rotatable bonds is 5. The highest BCUT2D eigenvalue weighted by molar-refractivity contribution is 9.10. The SMILES string of the molecule is COc1ccc(CO/N=C/c2cccc(Br)c2)cc1. The van der Waals surface area contributed by atoms with Crippen LogP contribution in [-0.2, 0) is 11.4 Å². The second kappa shape index (κ2) is 6.95. The first-order valence-electron chi connectivity index (χ1n) is 5.82. The lowest BCUT2D eigenvalue weighted by Gasteiger charge is -2.02. The molecule has 19 heavy (non-hydrogen) atoms. The summed E-state index contributed by atoms with van der Waals surface area (Å²) in [5.74, 6) is 0.835. The van der Waals surface area contributed by atoms with Crippen molar-refractivity contribution in [3.05, 3.63) is 64.1 Å². The smallest absolute Gasteiger partial charge is 0.142 e. The summed E-state index contributed by atoms with van der Waals surface area (Å²) in [6, 6.07) is 15.6. The summed E-state index contributed by atoms with van der Waals surface area (Å²) < 4.78 is 6.11. The second-order valence-corrected chi connectivity index (χ2v) is 4.83. The molecule has 0 saturated heterocycles. The Kier molecular flexibility index (Phi) is 4.98. The Balaban J connectivity index is 1.85. The van der Waals surface area contributed by atoms with E-state index in [2.05, 4.69) is 21.1 Å². The summed E-state index contributed by atoms with van der Waals surface area (Å²) in [6.45, 7) is 0.439. The number of hydrogen-bond donors (Lipinski definition) is 0. The molecule has 0 fully saturated rings. The molecule has 2 rings (SSSR count). The van der Waals surface area contributed by atoms with Gasteiger partial charge in [0.1, 0.15) is 12.4 Å². The van der Waals surface area contributed by atoms with Gasteiger partial charge in [0.05, 0.1) is 13.3 Å². The summed E-state index contributed by atoms with van der Waals surface area (Å²) in [5, 5.41) is 3.94. The van der Waals surface area contributed by atoms with Crippen LogP contribution in [-0.4, -0.2) is 13.3 Å². The average molecular weight is 320 g/mol. The molecule has 0 spiro atoms. The summed E-state index contributed by atoms with van der Waals surface area (Å²) in [4.78, 5) is 5.25. The topological polar surface area (TPSA) is 30.8 Å². The molecule has 0 aliphatic heterocycles. The molecule has 0 atom stereocenters. The first-order valence-corrected chi connectivity index (χ1v) is 6.61. The van der Waals surface area contributed by atoms with Crippen molar-refractivity contribution in [1.82, 2.24) is 0 Å². The Labute approximate surface area is 121 Å². The van der Waals surface area contributed by atoms with Gasteiger partial charge in [0.2, 0.25) is 0 Å². The van der Waals surface area contributed by atoms with E-state index in [9.17, 15) is 0 Å². The largest absolute Gasteiger partial charge is 0.497 e. The van der Waals surface area contributed by atoms with Gasteiger partial charge < -0.3 is 9.57 Å². The van der Waals surface area contributed by atoms with Crippen LogP contribution in [0.2, 0.25) is 0 Å². The highest BCUT2D eigenvalue weighted by Gasteiger charge is 1.94. The fraction of sp³-hybridized carbons (Fsp3) is 0.133. The number of oxime groups is 1. The summed E-state index contributed by atoms with van der Waals surface area (Å²) >= 11 is 3.41. The molecule has 0 aliphatic carbocycles. The molecule has 0 radical (unpaired) electrons. The van der Waals surface area contributed by atoms with E-state index in [-0.39, 0.29) is 0 Å². The summed E-state index contributed by atoms with van der Waals surface area (Å²) in [6.07, 6.45) is 1.69. The highest BCUT2D eigenvalue weighted by atomic mass is 79.9. The van der Waals surface area contributed by atoms with Crippen LogP contribution in [0.3, 0.4) is 0 Å². The van der Waals surface area contributed by atoms with E-state index in [0.717, 1.165) is 21.3 Å². The Bertz CT molecular complexity index is 552. The van der Waals surface area contributed by atoms with Gasteiger partial charge in [-0.25, -0.2) is 0 Å². The van der Waals surface area contributed by atoms with Crippen LogP contribution in [0.1, 0.15) is 11.1 Å². The molecular weight excluding hydrogens is 306 g/mol. The molecular formula is C15H14BrNO2. The zero-order chi connectivity index (χ0) is 13.5. The van der Waals surface area contributed by atoms with Crippen molar-refractivity contribution in [2.24, 2.45) is 5.16 Å². The van der Waals surface area contributed by atoms with Crippen molar-refractivity contribution < 1.29 is 9.57 Å². The molecule has 0 aliphatic rings. The summed E-state index contributed by atoms with van der Waals surface area (Å²) in [5.41, 5.74) is 2.04. The second-order valence-electron chi connectivity index (χ2n) is 3.91. The quantitative estimate of drug-likeness (QED) is 0.616. The molecule has 0 heterocycles. The number of hydrogen-bond acceptors (Lipinski definition) is 3. The third-order valence-corrected chi connectivity index (χ3v) is 3.01. The van der Waals surface area contributed by atoms with Crippen molar-refractivity contribution >= 4 is 22.1 Å². The number of benzene rings is 2. The highest BCUT2D eigenvalue weighted by Crippen LogP contribution is 2.12. The zero-order valence-electron chi connectivity index (χ0n) is 10.5. The van der Waals surface area contributed by atoms with Crippen molar-refractivity contribution in [3.63, 3.8) is 0 Å². The van der Waals surface area contributed by atoms with Crippen LogP contribution >= 0.6 is 15.9 Å². The standard InChI is InChI=1S/C15H14BrNO2/c1-18-15-7-5-12(6-8-15)11-19-17-10-13-3-2-4-14(16)9-13/h2-10H,11H2,1H3/b17-10+. The maximum Gasteiger partial charge on any atom is 0.142 e. The van der Waals surface area contributed by atoms with Crippen molar-refractivity contribution in [2.75, 3.05) is 7.11 Å². The lowest BCUT2D eigenvalue weighted by molar-refractivity contribution is 0.132. The maximum atomic E-state index is 5.25. The van der Waals surface area contributed by atoms with E-state index < -0.39 is 0 Å². The average Bonchev–Trinajstić information content (AvgIpc) is 2.44. The Morgan fingerprint density at radius 3 is 2.63 bits per heavy atom. The fourth-order valence-electron chi connectivity index (χ4n) is 1.52. The van der Waals surface area contributed by atoms with Gasteiger partial charge in [-0.2, -0.15) is 0 Å². The molecule has 0 N–H and O–H groups in total. The van der Waals surface area contributed by atoms with E-state index in [0.29, 0.717) is 6.61 Å². The minimum Gasteiger partial charge on any atom is -0.497 e. The summed E-state index contributed by atoms with van der Waals surface area (Å²) in [7, 11) is 1.65. The zero-order valence-corrected chi connectivity index (χ0v) is 12.1. The van der Waals surface area contributed by atoms with E-state index in [4.69, 9.17) is 9.57 Å². The van der Waals surface area contributed by atoms with E-state index in [1.807, 2.05) is 48.5 Å². The number of ether oxygens (including phenoxy) is 1. The Hall–Kier alpha value is -1.81. The van der Waals surface area contributed by atoms with Crippen LogP contribution in [0.25, 0.3) is 0 Å². The maximum absolute atomic E-state index is 5.25. The fourth-order valence-corrected chi connectivity index (χ4v) is 1.94. The van der Waals surface area contributed by atoms with Gasteiger partial charge in [-0.05, 0) is 35.4 Å². The van der Waals surface area contributed by atoms with Crippen LogP contribution in [0.4, 0.5) is 0 Å². The Morgan fingerprint density at radius 1 is 1.16 bits per heavy atom. The number of methoxy groups -OCH3 is 1. The van der Waals surface area contributed by atoms with Crippen molar-refractivity contribution in [1.29, 1.82) is 0 Å². The molecule has 3 nitrogen and oxygen atoms in total. The minimum atomic E-state index is 0.439. The molecule has 2 aromatic carbocycles. The van der Waals surface area contributed by atoms with E-state index >= 15 is 0 Å². The first-order chi connectivity index (χ1) is 9.28. The van der Waals surface area contributed by atoms with Gasteiger partial charge in [-0.3, -0.25) is 0 Å². The normalized spacial score (nSPS) is 10.6. The molecule has 0 saturated carbocycles.